The third kappa shape index (κ3) is 2.62. The lowest BCUT2D eigenvalue weighted by Crippen LogP contribution is -2.67. The topological polar surface area (TPSA) is 0 Å². The number of hydrogen-bond donors (Lipinski definition) is 0. The predicted octanol–water partition coefficient (Wildman–Crippen LogP) is 3.59. The molecule has 20 heavy (non-hydrogen) atoms. The van der Waals surface area contributed by atoms with E-state index in [1.54, 1.807) is 24.3 Å². The lowest BCUT2D eigenvalue weighted by molar-refractivity contribution is 0.782. The van der Waals surface area contributed by atoms with Crippen molar-refractivity contribution >= 4 is 26.2 Å². The number of aryl methyl sites for hydroxylation is 2. The summed E-state index contributed by atoms with van der Waals surface area (Å²) in [6.45, 7) is 6.91. The number of hydrogen-bond acceptors (Lipinski definition) is 0. The normalized spacial score (nSPS) is 17.3. The number of rotatable bonds is 3. The van der Waals surface area contributed by atoms with E-state index in [2.05, 4.69) is 0 Å². The Hall–Kier alpha value is -1.27. The first-order valence-electron chi connectivity index (χ1n) is 6.77. The van der Waals surface area contributed by atoms with Gasteiger partial charge in [0.05, 0.1) is 0 Å². The molecule has 0 nitrogen and oxygen atoms in total. The number of halogens is 2. The van der Waals surface area contributed by atoms with Gasteiger partial charge in [-0.3, -0.25) is 0 Å². The summed E-state index contributed by atoms with van der Waals surface area (Å²) < 4.78 is 30.7. The van der Waals surface area contributed by atoms with Crippen molar-refractivity contribution in [1.29, 1.82) is 0 Å². The van der Waals surface area contributed by atoms with E-state index in [1.165, 1.54) is 13.1 Å². The molecular formula is C16H20F2Si2. The van der Waals surface area contributed by atoms with Crippen LogP contribution in [0.1, 0.15) is 11.1 Å². The molecule has 2 atom stereocenters. The van der Waals surface area contributed by atoms with Gasteiger partial charge >= 0.3 is 15.9 Å². The second-order valence-electron chi connectivity index (χ2n) is 5.74. The molecule has 0 amide bonds. The van der Waals surface area contributed by atoms with E-state index in [0.717, 1.165) is 11.1 Å². The lowest BCUT2D eigenvalue weighted by Gasteiger charge is -2.30. The third-order valence-corrected chi connectivity index (χ3v) is 15.7. The molecule has 0 radical (unpaired) electrons. The summed E-state index contributed by atoms with van der Waals surface area (Å²) in [5.41, 5.74) is 2.13. The molecule has 0 saturated heterocycles. The molecule has 0 aliphatic carbocycles. The van der Waals surface area contributed by atoms with E-state index in [-0.39, 0.29) is 0 Å². The standard InChI is InChI=1S/C16H20F2Si2/c1-13-5-9-15(10-6-13)19(3,17)20(4,18)16-11-7-14(2)8-12-16/h5-12H,1-4H3/t19-,20+. The lowest BCUT2D eigenvalue weighted by atomic mass is 10.2. The van der Waals surface area contributed by atoms with Crippen LogP contribution in [0.15, 0.2) is 48.5 Å². The van der Waals surface area contributed by atoms with Crippen LogP contribution in [0.25, 0.3) is 0 Å². The van der Waals surface area contributed by atoms with Crippen LogP contribution in [0.2, 0.25) is 13.1 Å². The highest BCUT2D eigenvalue weighted by atomic mass is 29.3. The van der Waals surface area contributed by atoms with Gasteiger partial charge in [-0.2, -0.15) is 0 Å². The van der Waals surface area contributed by atoms with Gasteiger partial charge in [-0.15, -0.1) is 0 Å². The molecule has 0 heterocycles. The fourth-order valence-electron chi connectivity index (χ4n) is 2.28. The maximum Gasteiger partial charge on any atom is 0.302 e. The Bertz CT molecular complexity index is 531. The van der Waals surface area contributed by atoms with Crippen molar-refractivity contribution in [3.63, 3.8) is 0 Å². The van der Waals surface area contributed by atoms with Gasteiger partial charge in [0.15, 0.2) is 0 Å². The van der Waals surface area contributed by atoms with Crippen LogP contribution in [0.5, 0.6) is 0 Å². The van der Waals surface area contributed by atoms with Crippen LogP contribution >= 0.6 is 0 Å². The van der Waals surface area contributed by atoms with E-state index < -0.39 is 15.9 Å². The van der Waals surface area contributed by atoms with Crippen LogP contribution in [-0.4, -0.2) is 15.9 Å². The Balaban J connectivity index is 2.45. The van der Waals surface area contributed by atoms with E-state index >= 15 is 8.22 Å². The maximum absolute atomic E-state index is 15.3. The summed E-state index contributed by atoms with van der Waals surface area (Å²) in [6, 6.07) is 14.4. The first-order valence-corrected chi connectivity index (χ1v) is 12.5. The summed E-state index contributed by atoms with van der Waals surface area (Å²) in [5.74, 6) is 0. The molecule has 0 fully saturated rings. The molecule has 0 bridgehead atoms. The van der Waals surface area contributed by atoms with Crippen LogP contribution in [0.3, 0.4) is 0 Å². The van der Waals surface area contributed by atoms with Crippen molar-refractivity contribution in [3.05, 3.63) is 59.7 Å². The largest absolute Gasteiger partial charge is 0.308 e. The summed E-state index contributed by atoms with van der Waals surface area (Å²) in [7, 11) is -7.23. The molecule has 4 heteroatoms. The van der Waals surface area contributed by atoms with E-state index in [0.29, 0.717) is 10.4 Å². The van der Waals surface area contributed by atoms with Crippen molar-refractivity contribution < 1.29 is 8.22 Å². The van der Waals surface area contributed by atoms with Crippen molar-refractivity contribution in [2.24, 2.45) is 0 Å². The predicted molar refractivity (Wildman–Crippen MR) is 87.1 cm³/mol. The quantitative estimate of drug-likeness (QED) is 0.600. The van der Waals surface area contributed by atoms with Gasteiger partial charge in [-0.25, -0.2) is 0 Å². The Morgan fingerprint density at radius 1 is 0.600 bits per heavy atom. The van der Waals surface area contributed by atoms with Crippen LogP contribution < -0.4 is 10.4 Å². The zero-order valence-electron chi connectivity index (χ0n) is 12.4. The van der Waals surface area contributed by atoms with Gasteiger partial charge < -0.3 is 8.22 Å². The van der Waals surface area contributed by atoms with Gasteiger partial charge in [-0.05, 0) is 37.3 Å². The molecule has 0 unspecified atom stereocenters. The zero-order chi connectivity index (χ0) is 15.0. The summed E-state index contributed by atoms with van der Waals surface area (Å²) in [5, 5.41) is 1.11. The maximum atomic E-state index is 15.3. The molecule has 0 aliphatic heterocycles. The Labute approximate surface area is 121 Å². The summed E-state index contributed by atoms with van der Waals surface area (Å²) in [6.07, 6.45) is 0. The zero-order valence-corrected chi connectivity index (χ0v) is 14.4. The smallest absolute Gasteiger partial charge is 0.302 e. The second kappa shape index (κ2) is 5.26. The van der Waals surface area contributed by atoms with Gasteiger partial charge in [0.1, 0.15) is 0 Å². The molecule has 0 saturated carbocycles. The molecule has 0 spiro atoms. The highest BCUT2D eigenvalue weighted by molar-refractivity contribution is 7.45. The molecule has 2 rings (SSSR count). The minimum Gasteiger partial charge on any atom is -0.308 e. The average Bonchev–Trinajstić information content (AvgIpc) is 2.39. The van der Waals surface area contributed by atoms with E-state index in [4.69, 9.17) is 0 Å². The minimum atomic E-state index is -3.62. The van der Waals surface area contributed by atoms with E-state index in [1.807, 2.05) is 38.1 Å². The van der Waals surface area contributed by atoms with E-state index in [9.17, 15) is 0 Å². The van der Waals surface area contributed by atoms with Crippen LogP contribution in [0, 0.1) is 13.8 Å². The first-order chi connectivity index (χ1) is 9.25. The van der Waals surface area contributed by atoms with Gasteiger partial charge in [0.2, 0.25) is 0 Å². The Morgan fingerprint density at radius 2 is 0.850 bits per heavy atom. The van der Waals surface area contributed by atoms with Crippen molar-refractivity contribution in [1.82, 2.24) is 0 Å². The molecule has 106 valence electrons. The summed E-state index contributed by atoms with van der Waals surface area (Å²) in [4.78, 5) is 0. The SMILES string of the molecule is Cc1ccc([Si@](C)(F)[Si@](C)(F)c2ccc(C)cc2)cc1. The van der Waals surface area contributed by atoms with Crippen molar-refractivity contribution in [2.75, 3.05) is 0 Å². The average molecular weight is 307 g/mol. The van der Waals surface area contributed by atoms with Crippen LogP contribution in [-0.2, 0) is 0 Å². The van der Waals surface area contributed by atoms with Crippen molar-refractivity contribution in [3.8, 4) is 0 Å². The summed E-state index contributed by atoms with van der Waals surface area (Å²) >= 11 is 0. The van der Waals surface area contributed by atoms with Gasteiger partial charge in [0, 0.05) is 0 Å². The fourth-order valence-corrected chi connectivity index (χ4v) is 9.20. The van der Waals surface area contributed by atoms with Gasteiger partial charge in [0.25, 0.3) is 0 Å². The molecule has 2 aromatic carbocycles. The number of benzene rings is 2. The van der Waals surface area contributed by atoms with Crippen LogP contribution in [0.4, 0.5) is 8.22 Å². The highest BCUT2D eigenvalue weighted by Gasteiger charge is 2.55. The minimum absolute atomic E-state index is 0.556. The fraction of sp³-hybridized carbons (Fsp3) is 0.250. The Kier molecular flexibility index (Phi) is 3.98. The third-order valence-electron chi connectivity index (χ3n) is 4.07. The molecular weight excluding hydrogens is 286 g/mol. The molecule has 0 aliphatic rings. The highest BCUT2D eigenvalue weighted by Crippen LogP contribution is 2.22. The van der Waals surface area contributed by atoms with Gasteiger partial charge in [-0.1, -0.05) is 59.7 Å². The molecule has 0 N–H and O–H groups in total. The monoisotopic (exact) mass is 306 g/mol. The van der Waals surface area contributed by atoms with Crippen molar-refractivity contribution in [2.45, 2.75) is 26.9 Å². The molecule has 0 aromatic heterocycles. The first kappa shape index (κ1) is 15.1. The second-order valence-corrected chi connectivity index (χ2v) is 16.5. The Morgan fingerprint density at radius 3 is 1.10 bits per heavy atom. The molecule has 2 aromatic rings.